The summed E-state index contributed by atoms with van der Waals surface area (Å²) in [5.41, 5.74) is 7.20. The summed E-state index contributed by atoms with van der Waals surface area (Å²) < 4.78 is 78.9. The molecule has 2 heterocycles. The van der Waals surface area contributed by atoms with E-state index in [1.165, 1.54) is 0 Å². The van der Waals surface area contributed by atoms with Gasteiger partial charge in [0.25, 0.3) is 0 Å². The van der Waals surface area contributed by atoms with Crippen molar-refractivity contribution in [2.24, 2.45) is 0 Å². The van der Waals surface area contributed by atoms with E-state index in [4.69, 9.17) is 42.0 Å². The third-order valence-electron chi connectivity index (χ3n) is 12.6. The van der Waals surface area contributed by atoms with Gasteiger partial charge in [-0.2, -0.15) is 0 Å². The molecule has 0 fully saturated rings. The molecule has 2 aliphatic heterocycles. The van der Waals surface area contributed by atoms with E-state index in [1.54, 1.807) is 69.7 Å². The third-order valence-corrected chi connectivity index (χ3v) is 19.3. The van der Waals surface area contributed by atoms with Gasteiger partial charge in [0.15, 0.2) is 0 Å². The molecule has 1 atom stereocenters. The second kappa shape index (κ2) is 28.9. The zero-order valence-corrected chi connectivity index (χ0v) is 53.3. The first kappa shape index (κ1) is 65.5. The topological polar surface area (TPSA) is 202 Å². The van der Waals surface area contributed by atoms with Gasteiger partial charge >= 0.3 is 56.7 Å². The summed E-state index contributed by atoms with van der Waals surface area (Å²) in [6.45, 7) is 22.5. The van der Waals surface area contributed by atoms with E-state index in [0.29, 0.717) is 83.0 Å². The van der Waals surface area contributed by atoms with E-state index < -0.39 is 37.3 Å². The van der Waals surface area contributed by atoms with Crippen LogP contribution in [0.5, 0.6) is 40.2 Å². The number of cyclic esters (lactones) is 2. The summed E-state index contributed by atoms with van der Waals surface area (Å²) in [6, 6.07) is 28.5. The molecule has 416 valence electrons. The van der Waals surface area contributed by atoms with Crippen LogP contribution in [0.4, 0.5) is 0 Å². The maximum absolute atomic E-state index is 14.1. The van der Waals surface area contributed by atoms with Crippen molar-refractivity contribution in [1.82, 2.24) is 0 Å². The Hall–Kier alpha value is -5.07. The van der Waals surface area contributed by atoms with Crippen LogP contribution in [0.25, 0.3) is 0 Å². The Morgan fingerprint density at radius 1 is 0.577 bits per heavy atom. The van der Waals surface area contributed by atoms with Gasteiger partial charge in [0.05, 0.1) is 39.8 Å². The molecule has 5 aromatic carbocycles. The van der Waals surface area contributed by atoms with Crippen molar-refractivity contribution in [3.63, 3.8) is 0 Å². The molecule has 78 heavy (non-hydrogen) atoms. The normalized spacial score (nSPS) is 13.9. The number of benzene rings is 5. The number of hydrogen-bond acceptors (Lipinski definition) is 14. The average Bonchev–Trinajstić information content (AvgIpc) is 3.98. The quantitative estimate of drug-likeness (QED) is 0.0264. The molecule has 2 N–H and O–H groups in total. The van der Waals surface area contributed by atoms with Crippen molar-refractivity contribution >= 4 is 43.3 Å². The minimum atomic E-state index is -3.89. The first-order valence-electron chi connectivity index (χ1n) is 25.4. The van der Waals surface area contributed by atoms with E-state index in [-0.39, 0.29) is 66.5 Å². The largest absolute Gasteiger partial charge is 1.00 e. The van der Waals surface area contributed by atoms with Crippen LogP contribution in [0.1, 0.15) is 67.9 Å². The molecule has 0 aromatic heterocycles. The van der Waals surface area contributed by atoms with Gasteiger partial charge < -0.3 is 52.4 Å². The smallest absolute Gasteiger partial charge is 0.870 e. The van der Waals surface area contributed by atoms with Crippen LogP contribution in [0.3, 0.4) is 0 Å². The number of esters is 2. The Morgan fingerprint density at radius 3 is 1.27 bits per heavy atom. The second-order valence-electron chi connectivity index (χ2n) is 21.4. The SMILES string of the molecule is COc1c(C)c2c(c(OCC[Si](C)(C)C)c1C/C=C(\C)CP(=O)(O)Oc1ccccc1)C(=O)OC2.COc1c(C)c2c(c(OCC[Si](C)(C)C)c1C/C=C(\C)CP(=O)(Oc1ccccc1)Oc1ccccc1)C(=O)OC2.[Na+].[OH-]. The maximum Gasteiger partial charge on any atom is 1.00 e. The van der Waals surface area contributed by atoms with Crippen molar-refractivity contribution in [2.75, 3.05) is 39.8 Å². The number of ether oxygens (including phenoxy) is 6. The molecule has 7 rings (SSSR count). The summed E-state index contributed by atoms with van der Waals surface area (Å²) >= 11 is 0. The molecule has 0 radical (unpaired) electrons. The molecule has 20 heteroatoms. The van der Waals surface area contributed by atoms with Crippen LogP contribution in [0.2, 0.25) is 51.4 Å². The Kier molecular flexibility index (Phi) is 24.2. The van der Waals surface area contributed by atoms with Crippen molar-refractivity contribution in [3.05, 3.63) is 159 Å². The van der Waals surface area contributed by atoms with E-state index in [9.17, 15) is 23.6 Å². The van der Waals surface area contributed by atoms with E-state index in [0.717, 1.165) is 51.0 Å². The van der Waals surface area contributed by atoms with Crippen molar-refractivity contribution in [2.45, 2.75) is 105 Å². The van der Waals surface area contributed by atoms with Crippen LogP contribution < -0.4 is 62.1 Å². The minimum absolute atomic E-state index is 0. The summed E-state index contributed by atoms with van der Waals surface area (Å²) in [4.78, 5) is 35.8. The molecular formula is C58H75NaO15P2Si2. The molecule has 0 saturated heterocycles. The van der Waals surface area contributed by atoms with Crippen LogP contribution >= 0.6 is 15.2 Å². The Labute approximate surface area is 484 Å². The first-order valence-corrected chi connectivity index (χ1v) is 36.3. The number of hydrogen-bond donors (Lipinski definition) is 1. The Morgan fingerprint density at radius 2 is 0.923 bits per heavy atom. The number of para-hydroxylation sites is 3. The summed E-state index contributed by atoms with van der Waals surface area (Å²) in [5, 5.41) is 0. The minimum Gasteiger partial charge on any atom is -0.870 e. The zero-order chi connectivity index (χ0) is 55.4. The van der Waals surface area contributed by atoms with Crippen LogP contribution in [0, 0.1) is 13.8 Å². The van der Waals surface area contributed by atoms with Crippen molar-refractivity contribution in [3.8, 4) is 40.2 Å². The summed E-state index contributed by atoms with van der Waals surface area (Å²) in [7, 11) is -7.05. The van der Waals surface area contributed by atoms with Crippen LogP contribution in [0.15, 0.2) is 114 Å². The molecule has 0 aliphatic carbocycles. The number of allylic oxidation sites excluding steroid dienone is 4. The van der Waals surface area contributed by atoms with Gasteiger partial charge in [-0.15, -0.1) is 0 Å². The van der Waals surface area contributed by atoms with Gasteiger partial charge in [-0.3, -0.25) is 0 Å². The molecule has 15 nitrogen and oxygen atoms in total. The van der Waals surface area contributed by atoms with Gasteiger partial charge in [-0.25, -0.2) is 18.7 Å². The van der Waals surface area contributed by atoms with Crippen molar-refractivity contribution < 1.29 is 101 Å². The Balaban J connectivity index is 0.000000332. The van der Waals surface area contributed by atoms with Crippen LogP contribution in [-0.2, 0) is 44.7 Å². The summed E-state index contributed by atoms with van der Waals surface area (Å²) in [6.07, 6.45) is 4.52. The first-order chi connectivity index (χ1) is 35.9. The van der Waals surface area contributed by atoms with Gasteiger partial charge in [0.1, 0.15) is 64.6 Å². The Bertz CT molecular complexity index is 2970. The third kappa shape index (κ3) is 18.2. The number of rotatable bonds is 24. The van der Waals surface area contributed by atoms with Crippen LogP contribution in [-0.4, -0.2) is 78.2 Å². The van der Waals surface area contributed by atoms with Gasteiger partial charge in [0, 0.05) is 38.4 Å². The molecule has 2 aliphatic rings. The number of fused-ring (bicyclic) bond motifs is 2. The maximum atomic E-state index is 14.1. The number of carbonyl (C=O) groups is 2. The van der Waals surface area contributed by atoms with E-state index in [2.05, 4.69) is 39.3 Å². The fourth-order valence-corrected chi connectivity index (χ4v) is 13.1. The van der Waals surface area contributed by atoms with E-state index in [1.807, 2.05) is 75.4 Å². The fourth-order valence-electron chi connectivity index (χ4n) is 8.60. The average molecular weight is 1150 g/mol. The predicted octanol–water partition coefficient (Wildman–Crippen LogP) is 11.2. The molecule has 0 spiro atoms. The van der Waals surface area contributed by atoms with Crippen molar-refractivity contribution in [1.29, 1.82) is 0 Å². The summed E-state index contributed by atoms with van der Waals surface area (Å²) in [5.74, 6) is 2.80. The molecule has 1 unspecified atom stereocenters. The molecular weight excluding hydrogens is 1080 g/mol. The van der Waals surface area contributed by atoms with Gasteiger partial charge in [-0.1, -0.05) is 117 Å². The van der Waals surface area contributed by atoms with Gasteiger partial charge in [0.2, 0.25) is 0 Å². The van der Waals surface area contributed by atoms with Gasteiger partial charge in [-0.05, 0) is 100 Å². The molecule has 0 saturated carbocycles. The standard InChI is InChI=1S/C32H39O7PSi.C26H35O7PSi.Na.H2O/c1-23(22-40(34,38-25-13-9-7-10-14-25)39-26-15-11-8-12-16-26)17-18-27-30(35-3)24(2)28-21-37-32(33)29(28)31(27)36-19-20-41(4,5)6;1-18(17-34(28,29)33-20-10-8-7-9-11-20)12-13-21-24(30-3)19(2)22-16-32-26(27)23(22)25(21)31-14-15-35(4,5)6;;/h7-17H,18-22H2,1-6H3;7-12H,13-17H2,1-6H3,(H,28,29);;1H2/q;;+1;/p-1/b23-17+;18-12+;;. The molecule has 5 aromatic rings. The predicted molar refractivity (Wildman–Crippen MR) is 306 cm³/mol. The molecule has 0 amide bonds. The van der Waals surface area contributed by atoms with E-state index >= 15 is 0 Å². The number of carbonyl (C=O) groups excluding carboxylic acids is 2. The fraction of sp³-hybridized carbons (Fsp3) is 0.379. The number of methoxy groups -OCH3 is 2. The second-order valence-corrected chi connectivity index (χ2v) is 36.3. The molecule has 0 bridgehead atoms. The monoisotopic (exact) mass is 1150 g/mol. The zero-order valence-electron chi connectivity index (χ0n) is 47.5.